The van der Waals surface area contributed by atoms with E-state index in [2.05, 4.69) is 44.5 Å². The van der Waals surface area contributed by atoms with Gasteiger partial charge in [0, 0.05) is 36.7 Å². The fourth-order valence-electron chi connectivity index (χ4n) is 3.18. The molecule has 2 aromatic rings. The van der Waals surface area contributed by atoms with Gasteiger partial charge in [-0.25, -0.2) is 4.98 Å². The Morgan fingerprint density at radius 1 is 1.25 bits per heavy atom. The molecule has 0 bridgehead atoms. The first-order valence-corrected chi connectivity index (χ1v) is 8.31. The lowest BCUT2D eigenvalue weighted by Crippen LogP contribution is -2.26. The van der Waals surface area contributed by atoms with Crippen LogP contribution in [0, 0.1) is 0 Å². The number of benzene rings is 1. The number of amides is 1. The number of carbonyl (C=O) groups excluding carboxylic acids is 1. The molecule has 24 heavy (non-hydrogen) atoms. The van der Waals surface area contributed by atoms with Crippen molar-refractivity contribution in [2.45, 2.75) is 19.4 Å². The van der Waals surface area contributed by atoms with Crippen LogP contribution in [0.25, 0.3) is 0 Å². The van der Waals surface area contributed by atoms with Crippen LogP contribution in [0.3, 0.4) is 0 Å². The van der Waals surface area contributed by atoms with Crippen molar-refractivity contribution in [1.82, 2.24) is 20.2 Å². The highest BCUT2D eigenvalue weighted by Gasteiger charge is 2.17. The van der Waals surface area contributed by atoms with Gasteiger partial charge < -0.3 is 15.2 Å². The number of hydrogen-bond acceptors (Lipinski definition) is 3. The van der Waals surface area contributed by atoms with Crippen LogP contribution in [0.5, 0.6) is 0 Å². The summed E-state index contributed by atoms with van der Waals surface area (Å²) in [5.41, 5.74) is 4.67. The standard InChI is InChI=1S/C19H20N4O/c24-19(22-13-18-20-8-9-21-18)16-5-4-14-6-10-23(17-2-1-3-17)11-7-15(14)12-16/h1-5,8-9,12H,6-7,10-11,13H2,(H,20,21)(H,22,24). The summed E-state index contributed by atoms with van der Waals surface area (Å²) < 4.78 is 0. The molecule has 1 amide bonds. The van der Waals surface area contributed by atoms with Crippen molar-refractivity contribution in [1.29, 1.82) is 0 Å². The van der Waals surface area contributed by atoms with E-state index >= 15 is 0 Å². The van der Waals surface area contributed by atoms with Crippen molar-refractivity contribution in [3.8, 4) is 0 Å². The average molecular weight is 320 g/mol. The highest BCUT2D eigenvalue weighted by atomic mass is 16.1. The van der Waals surface area contributed by atoms with Crippen LogP contribution in [0.2, 0.25) is 0 Å². The molecule has 1 aromatic heterocycles. The van der Waals surface area contributed by atoms with Gasteiger partial charge in [-0.3, -0.25) is 4.79 Å². The SMILES string of the molecule is O=C(NCc1ncc[nH]1)c1ccc2c(c1)CCN(C1=CC=C1)CC2. The number of H-pyrrole nitrogens is 1. The molecule has 0 spiro atoms. The Kier molecular flexibility index (Phi) is 3.91. The lowest BCUT2D eigenvalue weighted by atomic mass is 10.00. The van der Waals surface area contributed by atoms with E-state index < -0.39 is 0 Å². The number of aromatic nitrogens is 2. The van der Waals surface area contributed by atoms with Gasteiger partial charge in [-0.1, -0.05) is 12.1 Å². The highest BCUT2D eigenvalue weighted by Crippen LogP contribution is 2.22. The van der Waals surface area contributed by atoms with Crippen LogP contribution < -0.4 is 5.32 Å². The van der Waals surface area contributed by atoms with Gasteiger partial charge in [0.05, 0.1) is 6.54 Å². The van der Waals surface area contributed by atoms with Gasteiger partial charge >= 0.3 is 0 Å². The minimum atomic E-state index is -0.0556. The highest BCUT2D eigenvalue weighted by molar-refractivity contribution is 5.94. The van der Waals surface area contributed by atoms with Gasteiger partial charge in [0.2, 0.25) is 0 Å². The van der Waals surface area contributed by atoms with E-state index in [0.717, 1.165) is 37.3 Å². The summed E-state index contributed by atoms with van der Waals surface area (Å²) >= 11 is 0. The third-order valence-corrected chi connectivity index (χ3v) is 4.64. The molecule has 2 aliphatic rings. The molecular formula is C19H20N4O. The van der Waals surface area contributed by atoms with E-state index in [9.17, 15) is 4.79 Å². The van der Waals surface area contributed by atoms with Gasteiger partial charge in [0.25, 0.3) is 5.91 Å². The van der Waals surface area contributed by atoms with E-state index in [0.29, 0.717) is 6.54 Å². The van der Waals surface area contributed by atoms with E-state index in [4.69, 9.17) is 0 Å². The third-order valence-electron chi connectivity index (χ3n) is 4.64. The smallest absolute Gasteiger partial charge is 0.251 e. The molecular weight excluding hydrogens is 300 g/mol. The van der Waals surface area contributed by atoms with Gasteiger partial charge in [-0.15, -0.1) is 0 Å². The Labute approximate surface area is 141 Å². The second-order valence-electron chi connectivity index (χ2n) is 6.14. The maximum absolute atomic E-state index is 12.4. The van der Waals surface area contributed by atoms with Crippen LogP contribution in [-0.4, -0.2) is 33.9 Å². The molecule has 0 atom stereocenters. The van der Waals surface area contributed by atoms with Crippen molar-refractivity contribution in [3.05, 3.63) is 77.0 Å². The zero-order valence-corrected chi connectivity index (χ0v) is 13.5. The molecule has 0 fully saturated rings. The maximum atomic E-state index is 12.4. The molecule has 2 N–H and O–H groups in total. The predicted octanol–water partition coefficient (Wildman–Crippen LogP) is 2.19. The Hall–Kier alpha value is -2.82. The molecule has 4 rings (SSSR count). The second-order valence-corrected chi connectivity index (χ2v) is 6.14. The van der Waals surface area contributed by atoms with Gasteiger partial charge in [-0.05, 0) is 48.3 Å². The van der Waals surface area contributed by atoms with E-state index in [1.165, 1.54) is 16.8 Å². The van der Waals surface area contributed by atoms with E-state index in [1.807, 2.05) is 12.1 Å². The summed E-state index contributed by atoms with van der Waals surface area (Å²) in [5.74, 6) is 0.704. The predicted molar refractivity (Wildman–Crippen MR) is 92.4 cm³/mol. The third kappa shape index (κ3) is 2.97. The molecule has 5 heteroatoms. The van der Waals surface area contributed by atoms with Crippen molar-refractivity contribution >= 4 is 5.91 Å². The van der Waals surface area contributed by atoms with Crippen molar-refractivity contribution in [2.75, 3.05) is 13.1 Å². The Balaban J connectivity index is 1.43. The monoisotopic (exact) mass is 320 g/mol. The van der Waals surface area contributed by atoms with Gasteiger partial charge in [-0.2, -0.15) is 0 Å². The van der Waals surface area contributed by atoms with Crippen LogP contribution in [-0.2, 0) is 19.4 Å². The molecule has 0 saturated heterocycles. The molecule has 122 valence electrons. The number of imidazole rings is 1. The normalized spacial score (nSPS) is 16.0. The molecule has 1 aromatic carbocycles. The largest absolute Gasteiger partial charge is 0.371 e. The molecule has 5 nitrogen and oxygen atoms in total. The molecule has 2 heterocycles. The average Bonchev–Trinajstić information content (AvgIpc) is 2.99. The first kappa shape index (κ1) is 14.8. The lowest BCUT2D eigenvalue weighted by Gasteiger charge is -2.26. The van der Waals surface area contributed by atoms with Crippen molar-refractivity contribution in [3.63, 3.8) is 0 Å². The second kappa shape index (κ2) is 6.35. The summed E-state index contributed by atoms with van der Waals surface area (Å²) in [5, 5.41) is 2.91. The first-order chi connectivity index (χ1) is 11.8. The molecule has 1 aliphatic carbocycles. The van der Waals surface area contributed by atoms with Crippen LogP contribution in [0.4, 0.5) is 0 Å². The Bertz CT molecular complexity index is 805. The number of rotatable bonds is 4. The summed E-state index contributed by atoms with van der Waals surface area (Å²) in [7, 11) is 0. The fourth-order valence-corrected chi connectivity index (χ4v) is 3.18. The van der Waals surface area contributed by atoms with Gasteiger partial charge in [0.15, 0.2) is 0 Å². The Morgan fingerprint density at radius 3 is 2.79 bits per heavy atom. The van der Waals surface area contributed by atoms with Crippen molar-refractivity contribution < 1.29 is 4.79 Å². The number of allylic oxidation sites excluding steroid dienone is 3. The number of aromatic amines is 1. The number of carbonyl (C=O) groups is 1. The van der Waals surface area contributed by atoms with Crippen LogP contribution in [0.15, 0.2) is 54.5 Å². The molecule has 0 radical (unpaired) electrons. The summed E-state index contributed by atoms with van der Waals surface area (Å²) in [6.07, 6.45) is 11.8. The van der Waals surface area contributed by atoms with Gasteiger partial charge in [0.1, 0.15) is 5.82 Å². The Morgan fingerprint density at radius 2 is 2.08 bits per heavy atom. The van der Waals surface area contributed by atoms with Crippen LogP contribution in [0.1, 0.15) is 27.3 Å². The molecule has 1 aliphatic heterocycles. The number of fused-ring (bicyclic) bond motifs is 1. The summed E-state index contributed by atoms with van der Waals surface area (Å²) in [4.78, 5) is 21.9. The quantitative estimate of drug-likeness (QED) is 0.908. The zero-order valence-electron chi connectivity index (χ0n) is 13.5. The fraction of sp³-hybridized carbons (Fsp3) is 0.263. The topological polar surface area (TPSA) is 61.0 Å². The van der Waals surface area contributed by atoms with Crippen molar-refractivity contribution in [2.24, 2.45) is 0 Å². The maximum Gasteiger partial charge on any atom is 0.251 e. The van der Waals surface area contributed by atoms with E-state index in [1.54, 1.807) is 12.4 Å². The molecule has 0 unspecified atom stereocenters. The van der Waals surface area contributed by atoms with Crippen LogP contribution >= 0.6 is 0 Å². The zero-order chi connectivity index (χ0) is 16.4. The number of nitrogens with zero attached hydrogens (tertiary/aromatic N) is 2. The van der Waals surface area contributed by atoms with E-state index in [-0.39, 0.29) is 5.91 Å². The molecule has 0 saturated carbocycles. The lowest BCUT2D eigenvalue weighted by molar-refractivity contribution is 0.0950. The first-order valence-electron chi connectivity index (χ1n) is 8.31. The summed E-state index contributed by atoms with van der Waals surface area (Å²) in [6, 6.07) is 6.07. The number of hydrogen-bond donors (Lipinski definition) is 2. The summed E-state index contributed by atoms with van der Waals surface area (Å²) in [6.45, 7) is 2.45. The minimum absolute atomic E-state index is 0.0556. The minimum Gasteiger partial charge on any atom is -0.371 e. The number of nitrogens with one attached hydrogen (secondary N) is 2.